The van der Waals surface area contributed by atoms with Crippen LogP contribution in [0, 0.1) is 0 Å². The zero-order chi connectivity index (χ0) is 23.9. The van der Waals surface area contributed by atoms with Crippen molar-refractivity contribution in [2.24, 2.45) is 7.05 Å². The number of fused-ring (bicyclic) bond motifs is 1. The molecular weight excluding hydrogens is 430 g/mol. The van der Waals surface area contributed by atoms with Gasteiger partial charge >= 0.3 is 0 Å². The minimum atomic E-state index is -0.923. The molecule has 1 saturated heterocycles. The van der Waals surface area contributed by atoms with E-state index in [1.807, 2.05) is 63.1 Å². The van der Waals surface area contributed by atoms with Gasteiger partial charge in [-0.3, -0.25) is 4.90 Å². The van der Waals surface area contributed by atoms with Crippen molar-refractivity contribution in [2.75, 3.05) is 13.1 Å². The molecule has 34 heavy (non-hydrogen) atoms. The lowest BCUT2D eigenvalue weighted by Crippen LogP contribution is -2.52. The van der Waals surface area contributed by atoms with Gasteiger partial charge in [0.25, 0.3) is 0 Å². The smallest absolute Gasteiger partial charge is 0.216 e. The first kappa shape index (κ1) is 22.7. The average Bonchev–Trinajstić information content (AvgIpc) is 3.24. The van der Waals surface area contributed by atoms with E-state index in [9.17, 15) is 5.11 Å². The molecule has 0 radical (unpaired) electrons. The number of rotatable bonds is 4. The van der Waals surface area contributed by atoms with Crippen LogP contribution in [-0.2, 0) is 11.8 Å². The van der Waals surface area contributed by atoms with E-state index in [2.05, 4.69) is 39.8 Å². The van der Waals surface area contributed by atoms with Gasteiger partial charge in [-0.2, -0.15) is 0 Å². The molecule has 0 bridgehead atoms. The molecule has 0 amide bonds. The van der Waals surface area contributed by atoms with Gasteiger partial charge in [-0.1, -0.05) is 36.4 Å². The molecule has 1 fully saturated rings. The highest BCUT2D eigenvalue weighted by molar-refractivity contribution is 5.86. The molecule has 1 aromatic heterocycles. The maximum absolute atomic E-state index is 10.6. The van der Waals surface area contributed by atoms with Gasteiger partial charge in [-0.05, 0) is 60.5 Å². The first-order valence-electron chi connectivity index (χ1n) is 11.7. The van der Waals surface area contributed by atoms with E-state index in [-0.39, 0.29) is 0 Å². The molecule has 3 heterocycles. The number of likely N-dealkylation sites (tertiary alicyclic amines) is 1. The molecule has 8 nitrogen and oxygen atoms in total. The number of para-hydroxylation sites is 1. The van der Waals surface area contributed by atoms with Crippen LogP contribution in [0.3, 0.4) is 0 Å². The van der Waals surface area contributed by atoms with Gasteiger partial charge < -0.3 is 14.6 Å². The Bertz CT molecular complexity index is 1200. The molecule has 2 aliphatic heterocycles. The van der Waals surface area contributed by atoms with Gasteiger partial charge in [0.1, 0.15) is 11.4 Å². The van der Waals surface area contributed by atoms with E-state index >= 15 is 0 Å². The molecule has 0 aliphatic carbocycles. The van der Waals surface area contributed by atoms with Crippen molar-refractivity contribution in [2.45, 2.75) is 51.2 Å². The summed E-state index contributed by atoms with van der Waals surface area (Å²) in [6.07, 6.45) is 2.84. The van der Waals surface area contributed by atoms with E-state index < -0.39 is 17.6 Å². The van der Waals surface area contributed by atoms with Gasteiger partial charge in [0.05, 0.1) is 5.60 Å². The quantitative estimate of drug-likeness (QED) is 0.594. The lowest BCUT2D eigenvalue weighted by atomic mass is 9.82. The molecule has 2 aromatic carbocycles. The van der Waals surface area contributed by atoms with Crippen LogP contribution in [0.1, 0.15) is 44.7 Å². The lowest BCUT2D eigenvalue weighted by molar-refractivity contribution is -0.246. The molecule has 1 N–H and O–H groups in total. The molecular formula is C26H31N5O3. The number of nitrogens with zero attached hydrogens (tertiary/aromatic N) is 5. The van der Waals surface area contributed by atoms with Crippen LogP contribution in [0.15, 0.2) is 54.6 Å². The summed E-state index contributed by atoms with van der Waals surface area (Å²) in [5, 5.41) is 22.5. The molecule has 3 aromatic rings. The van der Waals surface area contributed by atoms with Gasteiger partial charge in [0.15, 0.2) is 5.82 Å². The Hall–Kier alpha value is -3.07. The van der Waals surface area contributed by atoms with E-state index in [0.29, 0.717) is 13.1 Å². The summed E-state index contributed by atoms with van der Waals surface area (Å²) in [5.41, 5.74) is 3.41. The highest BCUT2D eigenvalue weighted by Crippen LogP contribution is 2.43. The molecule has 1 atom stereocenters. The second-order valence-electron chi connectivity index (χ2n) is 10.0. The van der Waals surface area contributed by atoms with Crippen molar-refractivity contribution in [1.82, 2.24) is 25.1 Å². The molecule has 1 spiro atoms. The van der Waals surface area contributed by atoms with Crippen molar-refractivity contribution in [1.29, 1.82) is 0 Å². The summed E-state index contributed by atoms with van der Waals surface area (Å²) in [6.45, 7) is 7.19. The predicted octanol–water partition coefficient (Wildman–Crippen LogP) is 3.63. The van der Waals surface area contributed by atoms with E-state index in [1.54, 1.807) is 4.68 Å². The van der Waals surface area contributed by atoms with Crippen LogP contribution >= 0.6 is 0 Å². The van der Waals surface area contributed by atoms with Crippen LogP contribution < -0.4 is 4.74 Å². The monoisotopic (exact) mass is 461 g/mol. The SMILES string of the molecule is Cn1nnnc1-c1cccc(C2=CC3(CCN(C(O)OC(C)(C)C)CC3)Oc3ccccc32)c1. The number of tetrazole rings is 1. The Balaban J connectivity index is 1.47. The highest BCUT2D eigenvalue weighted by atomic mass is 16.6. The molecule has 0 saturated carbocycles. The number of benzene rings is 2. The third-order valence-corrected chi connectivity index (χ3v) is 6.37. The van der Waals surface area contributed by atoms with Gasteiger partial charge in [-0.15, -0.1) is 5.10 Å². The summed E-state index contributed by atoms with van der Waals surface area (Å²) in [7, 11) is 1.84. The fraction of sp³-hybridized carbons (Fsp3) is 0.423. The fourth-order valence-electron chi connectivity index (χ4n) is 4.67. The Labute approximate surface area is 199 Å². The average molecular weight is 462 g/mol. The first-order chi connectivity index (χ1) is 16.2. The topological polar surface area (TPSA) is 85.5 Å². The minimum Gasteiger partial charge on any atom is -0.482 e. The molecule has 5 rings (SSSR count). The van der Waals surface area contributed by atoms with Crippen LogP contribution in [0.2, 0.25) is 0 Å². The second kappa shape index (κ2) is 8.61. The van der Waals surface area contributed by atoms with Crippen molar-refractivity contribution in [3.63, 3.8) is 0 Å². The third-order valence-electron chi connectivity index (χ3n) is 6.37. The Kier molecular flexibility index (Phi) is 5.75. The van der Waals surface area contributed by atoms with Crippen molar-refractivity contribution in [3.8, 4) is 17.1 Å². The maximum atomic E-state index is 10.6. The van der Waals surface area contributed by atoms with Crippen LogP contribution in [0.25, 0.3) is 17.0 Å². The van der Waals surface area contributed by atoms with Gasteiger partial charge in [0.2, 0.25) is 6.41 Å². The molecule has 178 valence electrons. The number of hydrogen-bond donors (Lipinski definition) is 1. The normalized spacial score (nSPS) is 18.8. The Morgan fingerprint density at radius 3 is 2.50 bits per heavy atom. The summed E-state index contributed by atoms with van der Waals surface area (Å²) >= 11 is 0. The van der Waals surface area contributed by atoms with Crippen molar-refractivity contribution >= 4 is 5.57 Å². The zero-order valence-electron chi connectivity index (χ0n) is 20.1. The summed E-state index contributed by atoms with van der Waals surface area (Å²) in [5.74, 6) is 1.60. The summed E-state index contributed by atoms with van der Waals surface area (Å²) in [6, 6.07) is 16.5. The van der Waals surface area contributed by atoms with Crippen LogP contribution in [-0.4, -0.2) is 60.9 Å². The molecule has 1 unspecified atom stereocenters. The summed E-state index contributed by atoms with van der Waals surface area (Å²) < 4.78 is 14.0. The van der Waals surface area contributed by atoms with Gasteiger partial charge in [0, 0.05) is 44.1 Å². The highest BCUT2D eigenvalue weighted by Gasteiger charge is 2.40. The summed E-state index contributed by atoms with van der Waals surface area (Å²) in [4.78, 5) is 1.97. The molecule has 8 heteroatoms. The second-order valence-corrected chi connectivity index (χ2v) is 10.0. The Morgan fingerprint density at radius 2 is 1.79 bits per heavy atom. The lowest BCUT2D eigenvalue weighted by Gasteiger charge is -2.44. The van der Waals surface area contributed by atoms with Crippen LogP contribution in [0.4, 0.5) is 0 Å². The maximum Gasteiger partial charge on any atom is 0.216 e. The minimum absolute atomic E-state index is 0.412. The standard InChI is InChI=1S/C26H31N5O3/c1-25(2,3)34-24(32)31-14-12-26(13-15-31)17-21(20-10-5-6-11-22(20)33-26)18-8-7-9-19(16-18)23-27-28-29-30(23)4/h5-11,16-17,24,32H,12-15H2,1-4H3. The van der Waals surface area contributed by atoms with E-state index in [0.717, 1.165) is 46.7 Å². The number of hydrogen-bond acceptors (Lipinski definition) is 7. The number of ether oxygens (including phenoxy) is 2. The Morgan fingerprint density at radius 1 is 1.06 bits per heavy atom. The van der Waals surface area contributed by atoms with Crippen LogP contribution in [0.5, 0.6) is 5.75 Å². The predicted molar refractivity (Wildman–Crippen MR) is 129 cm³/mol. The fourth-order valence-corrected chi connectivity index (χ4v) is 4.67. The number of aliphatic hydroxyl groups excluding tert-OH is 1. The third kappa shape index (κ3) is 4.49. The number of aromatic nitrogens is 4. The van der Waals surface area contributed by atoms with Gasteiger partial charge in [-0.25, -0.2) is 4.68 Å². The number of aryl methyl sites for hydroxylation is 1. The van der Waals surface area contributed by atoms with Crippen molar-refractivity contribution in [3.05, 3.63) is 65.7 Å². The number of aliphatic hydroxyl groups is 1. The molecule has 2 aliphatic rings. The number of piperidine rings is 1. The first-order valence-corrected chi connectivity index (χ1v) is 11.7. The van der Waals surface area contributed by atoms with E-state index in [1.165, 1.54) is 0 Å². The van der Waals surface area contributed by atoms with Crippen molar-refractivity contribution < 1.29 is 14.6 Å². The van der Waals surface area contributed by atoms with E-state index in [4.69, 9.17) is 9.47 Å². The zero-order valence-corrected chi connectivity index (χ0v) is 20.1. The largest absolute Gasteiger partial charge is 0.482 e.